The number of methoxy groups -OCH3 is 1. The van der Waals surface area contributed by atoms with Gasteiger partial charge in [0, 0.05) is 7.11 Å². The lowest BCUT2D eigenvalue weighted by Gasteiger charge is -2.03. The fourth-order valence-corrected chi connectivity index (χ4v) is 1.05. The van der Waals surface area contributed by atoms with Crippen LogP contribution in [-0.4, -0.2) is 26.3 Å². The molecule has 0 aliphatic heterocycles. The first-order valence-electron chi connectivity index (χ1n) is 4.51. The van der Waals surface area contributed by atoms with Crippen LogP contribution in [-0.2, 0) is 20.7 Å². The van der Waals surface area contributed by atoms with Crippen molar-refractivity contribution < 1.29 is 14.3 Å². The summed E-state index contributed by atoms with van der Waals surface area (Å²) in [6.07, 6.45) is 0.324. The van der Waals surface area contributed by atoms with Gasteiger partial charge in [0.1, 0.15) is 6.61 Å². The Morgan fingerprint density at radius 2 is 1.93 bits per heavy atom. The Morgan fingerprint density at radius 1 is 1.21 bits per heavy atom. The molecule has 0 aliphatic rings. The van der Waals surface area contributed by atoms with Crippen LogP contribution in [0.3, 0.4) is 0 Å². The van der Waals surface area contributed by atoms with Gasteiger partial charge in [-0.1, -0.05) is 30.3 Å². The molecule has 0 amide bonds. The molecule has 0 saturated heterocycles. The second-order valence-electron chi connectivity index (χ2n) is 2.88. The van der Waals surface area contributed by atoms with Crippen LogP contribution in [0.5, 0.6) is 0 Å². The Labute approximate surface area is 83.6 Å². The van der Waals surface area contributed by atoms with Crippen molar-refractivity contribution in [2.75, 3.05) is 20.3 Å². The lowest BCUT2D eigenvalue weighted by molar-refractivity contribution is -0.144. The predicted octanol–water partition coefficient (Wildman–Crippen LogP) is 1.42. The summed E-state index contributed by atoms with van der Waals surface area (Å²) in [5.74, 6) is -0.215. The van der Waals surface area contributed by atoms with Gasteiger partial charge in [0.25, 0.3) is 0 Å². The first kappa shape index (κ1) is 10.7. The molecule has 0 unspecified atom stereocenters. The molecular formula is C11H14O3. The summed E-state index contributed by atoms with van der Waals surface area (Å²) in [5.41, 5.74) is 0.968. The standard InChI is InChI=1S/C11H14O3/c1-13-7-8-14-11(12)9-10-5-3-2-4-6-10/h2-6H,7-9H2,1H3. The van der Waals surface area contributed by atoms with E-state index in [0.29, 0.717) is 19.6 Å². The third-order valence-corrected chi connectivity index (χ3v) is 1.74. The van der Waals surface area contributed by atoms with Gasteiger partial charge in [-0.3, -0.25) is 4.79 Å². The van der Waals surface area contributed by atoms with Gasteiger partial charge in [-0.25, -0.2) is 0 Å². The average Bonchev–Trinajstić information content (AvgIpc) is 2.20. The Hall–Kier alpha value is -1.35. The molecule has 3 heteroatoms. The van der Waals surface area contributed by atoms with Crippen LogP contribution in [0.25, 0.3) is 0 Å². The maximum Gasteiger partial charge on any atom is 0.310 e. The zero-order valence-electron chi connectivity index (χ0n) is 8.23. The van der Waals surface area contributed by atoms with Gasteiger partial charge in [0.2, 0.25) is 0 Å². The van der Waals surface area contributed by atoms with Crippen LogP contribution < -0.4 is 0 Å². The summed E-state index contributed by atoms with van der Waals surface area (Å²) in [5, 5.41) is 0. The second-order valence-corrected chi connectivity index (χ2v) is 2.88. The summed E-state index contributed by atoms with van der Waals surface area (Å²) < 4.78 is 9.69. The van der Waals surface area contributed by atoms with Crippen LogP contribution in [0.15, 0.2) is 30.3 Å². The highest BCUT2D eigenvalue weighted by atomic mass is 16.6. The van der Waals surface area contributed by atoms with Crippen molar-refractivity contribution in [1.29, 1.82) is 0 Å². The molecule has 1 aromatic carbocycles. The van der Waals surface area contributed by atoms with E-state index >= 15 is 0 Å². The van der Waals surface area contributed by atoms with E-state index in [1.165, 1.54) is 0 Å². The summed E-state index contributed by atoms with van der Waals surface area (Å²) >= 11 is 0. The van der Waals surface area contributed by atoms with Crippen LogP contribution in [0.4, 0.5) is 0 Å². The van der Waals surface area contributed by atoms with Crippen molar-refractivity contribution in [1.82, 2.24) is 0 Å². The van der Waals surface area contributed by atoms with Gasteiger partial charge < -0.3 is 9.47 Å². The molecular weight excluding hydrogens is 180 g/mol. The van der Waals surface area contributed by atoms with E-state index in [4.69, 9.17) is 9.47 Å². The second kappa shape index (κ2) is 6.16. The molecule has 3 nitrogen and oxygen atoms in total. The van der Waals surface area contributed by atoms with Crippen molar-refractivity contribution >= 4 is 5.97 Å². The number of carbonyl (C=O) groups excluding carboxylic acids is 1. The molecule has 0 saturated carbocycles. The minimum atomic E-state index is -0.215. The molecule has 1 aromatic rings. The average molecular weight is 194 g/mol. The fourth-order valence-electron chi connectivity index (χ4n) is 1.05. The molecule has 0 bridgehead atoms. The number of hydrogen-bond acceptors (Lipinski definition) is 3. The summed E-state index contributed by atoms with van der Waals surface area (Å²) in [7, 11) is 1.57. The monoisotopic (exact) mass is 194 g/mol. The number of rotatable bonds is 5. The summed E-state index contributed by atoms with van der Waals surface area (Å²) in [6.45, 7) is 0.767. The minimum absolute atomic E-state index is 0.215. The van der Waals surface area contributed by atoms with Crippen LogP contribution in [0, 0.1) is 0 Å². The van der Waals surface area contributed by atoms with Crippen molar-refractivity contribution in [3.63, 3.8) is 0 Å². The predicted molar refractivity (Wildman–Crippen MR) is 53.0 cm³/mol. The fraction of sp³-hybridized carbons (Fsp3) is 0.364. The molecule has 76 valence electrons. The molecule has 0 atom stereocenters. The molecule has 0 aromatic heterocycles. The molecule has 0 N–H and O–H groups in total. The van der Waals surface area contributed by atoms with E-state index in [-0.39, 0.29) is 5.97 Å². The van der Waals surface area contributed by atoms with Gasteiger partial charge in [-0.15, -0.1) is 0 Å². The van der Waals surface area contributed by atoms with Gasteiger partial charge in [-0.2, -0.15) is 0 Å². The Balaban J connectivity index is 2.27. The highest BCUT2D eigenvalue weighted by molar-refractivity contribution is 5.72. The zero-order chi connectivity index (χ0) is 10.2. The number of esters is 1. The first-order chi connectivity index (χ1) is 6.83. The van der Waals surface area contributed by atoms with E-state index in [1.807, 2.05) is 30.3 Å². The third-order valence-electron chi connectivity index (χ3n) is 1.74. The Morgan fingerprint density at radius 3 is 2.57 bits per heavy atom. The molecule has 1 rings (SSSR count). The quantitative estimate of drug-likeness (QED) is 0.525. The van der Waals surface area contributed by atoms with Crippen LogP contribution in [0.2, 0.25) is 0 Å². The van der Waals surface area contributed by atoms with E-state index in [9.17, 15) is 4.79 Å². The van der Waals surface area contributed by atoms with Crippen molar-refractivity contribution in [3.05, 3.63) is 35.9 Å². The van der Waals surface area contributed by atoms with E-state index < -0.39 is 0 Å². The smallest absolute Gasteiger partial charge is 0.310 e. The largest absolute Gasteiger partial charge is 0.463 e. The van der Waals surface area contributed by atoms with Crippen molar-refractivity contribution in [3.8, 4) is 0 Å². The molecule has 0 spiro atoms. The molecule has 14 heavy (non-hydrogen) atoms. The van der Waals surface area contributed by atoms with Crippen molar-refractivity contribution in [2.45, 2.75) is 6.42 Å². The van der Waals surface area contributed by atoms with Crippen molar-refractivity contribution in [2.24, 2.45) is 0 Å². The Bertz CT molecular complexity index is 269. The number of carbonyl (C=O) groups is 1. The van der Waals surface area contributed by atoms with Gasteiger partial charge >= 0.3 is 5.97 Å². The summed E-state index contributed by atoms with van der Waals surface area (Å²) in [6, 6.07) is 9.52. The topological polar surface area (TPSA) is 35.5 Å². The van der Waals surface area contributed by atoms with Crippen LogP contribution >= 0.6 is 0 Å². The zero-order valence-corrected chi connectivity index (χ0v) is 8.23. The van der Waals surface area contributed by atoms with Gasteiger partial charge in [0.15, 0.2) is 0 Å². The molecule has 0 heterocycles. The Kier molecular flexibility index (Phi) is 4.72. The normalized spacial score (nSPS) is 9.79. The van der Waals surface area contributed by atoms with E-state index in [2.05, 4.69) is 0 Å². The minimum Gasteiger partial charge on any atom is -0.463 e. The molecule has 0 fully saturated rings. The first-order valence-corrected chi connectivity index (χ1v) is 4.51. The lowest BCUT2D eigenvalue weighted by atomic mass is 10.2. The molecule has 0 aliphatic carbocycles. The summed E-state index contributed by atoms with van der Waals surface area (Å²) in [4.78, 5) is 11.2. The molecule has 0 radical (unpaired) electrons. The highest BCUT2D eigenvalue weighted by Crippen LogP contribution is 2.00. The van der Waals surface area contributed by atoms with Gasteiger partial charge in [0.05, 0.1) is 13.0 Å². The number of ether oxygens (including phenoxy) is 2. The number of hydrogen-bond donors (Lipinski definition) is 0. The maximum atomic E-state index is 11.2. The maximum absolute atomic E-state index is 11.2. The van der Waals surface area contributed by atoms with E-state index in [1.54, 1.807) is 7.11 Å². The van der Waals surface area contributed by atoms with Crippen LogP contribution in [0.1, 0.15) is 5.56 Å². The third kappa shape index (κ3) is 4.05. The lowest BCUT2D eigenvalue weighted by Crippen LogP contribution is -2.11. The van der Waals surface area contributed by atoms with E-state index in [0.717, 1.165) is 5.56 Å². The number of benzene rings is 1. The SMILES string of the molecule is COCCOC(=O)Cc1ccccc1. The van der Waals surface area contributed by atoms with Gasteiger partial charge in [-0.05, 0) is 5.56 Å². The highest BCUT2D eigenvalue weighted by Gasteiger charge is 2.03.